The lowest BCUT2D eigenvalue weighted by atomic mass is 9.80. The lowest BCUT2D eigenvalue weighted by Crippen LogP contribution is -2.58. The van der Waals surface area contributed by atoms with Crippen molar-refractivity contribution in [2.75, 3.05) is 0 Å². The van der Waals surface area contributed by atoms with Gasteiger partial charge in [-0.25, -0.2) is 0 Å². The molecule has 2 N–H and O–H groups in total. The Bertz CT molecular complexity index is 322. The highest BCUT2D eigenvalue weighted by Gasteiger charge is 2.59. The average Bonchev–Trinajstić information content (AvgIpc) is 3.12. The van der Waals surface area contributed by atoms with E-state index in [0.717, 1.165) is 19.3 Å². The van der Waals surface area contributed by atoms with E-state index in [4.69, 9.17) is 0 Å². The van der Waals surface area contributed by atoms with Gasteiger partial charge in [-0.15, -0.1) is 0 Å². The monoisotopic (exact) mass is 251 g/mol. The second-order valence-electron chi connectivity index (χ2n) is 6.60. The highest BCUT2D eigenvalue weighted by Crippen LogP contribution is 2.55. The van der Waals surface area contributed by atoms with E-state index < -0.39 is 11.5 Å². The Morgan fingerprint density at radius 3 is 2.44 bits per heavy atom. The average molecular weight is 251 g/mol. The van der Waals surface area contributed by atoms with Gasteiger partial charge >= 0.3 is 5.97 Å². The van der Waals surface area contributed by atoms with Crippen LogP contribution in [0.25, 0.3) is 0 Å². The van der Waals surface area contributed by atoms with Gasteiger partial charge in [-0.1, -0.05) is 38.5 Å². The third-order valence-electron chi connectivity index (χ3n) is 5.40. The van der Waals surface area contributed by atoms with Crippen LogP contribution >= 0.6 is 0 Å². The van der Waals surface area contributed by atoms with Gasteiger partial charge in [-0.3, -0.25) is 10.1 Å². The molecule has 18 heavy (non-hydrogen) atoms. The first kappa shape index (κ1) is 12.5. The van der Waals surface area contributed by atoms with Crippen molar-refractivity contribution < 1.29 is 9.90 Å². The molecule has 0 aromatic rings. The fourth-order valence-electron chi connectivity index (χ4n) is 4.29. The van der Waals surface area contributed by atoms with E-state index in [0.29, 0.717) is 17.9 Å². The summed E-state index contributed by atoms with van der Waals surface area (Å²) in [6.45, 7) is 0. The Morgan fingerprint density at radius 1 is 1.06 bits per heavy atom. The molecule has 0 radical (unpaired) electrons. The van der Waals surface area contributed by atoms with Crippen LogP contribution in [0.3, 0.4) is 0 Å². The van der Waals surface area contributed by atoms with Gasteiger partial charge in [0.15, 0.2) is 0 Å². The first-order valence-electron chi connectivity index (χ1n) is 7.73. The van der Waals surface area contributed by atoms with Crippen molar-refractivity contribution in [2.24, 2.45) is 11.8 Å². The predicted molar refractivity (Wildman–Crippen MR) is 70.4 cm³/mol. The first-order valence-corrected chi connectivity index (χ1v) is 7.73. The minimum absolute atomic E-state index is 0.423. The molecule has 0 aromatic carbocycles. The molecule has 3 unspecified atom stereocenters. The Balaban J connectivity index is 1.71. The lowest BCUT2D eigenvalue weighted by Gasteiger charge is -2.37. The lowest BCUT2D eigenvalue weighted by molar-refractivity contribution is -0.147. The largest absolute Gasteiger partial charge is 0.480 e. The molecule has 0 spiro atoms. The van der Waals surface area contributed by atoms with Crippen molar-refractivity contribution in [1.82, 2.24) is 5.32 Å². The zero-order chi connectivity index (χ0) is 12.6. The van der Waals surface area contributed by atoms with Crippen molar-refractivity contribution in [3.63, 3.8) is 0 Å². The number of carboxylic acids is 1. The number of aliphatic carboxylic acids is 1. The van der Waals surface area contributed by atoms with Crippen molar-refractivity contribution in [3.8, 4) is 0 Å². The number of nitrogens with one attached hydrogen (secondary N) is 1. The van der Waals surface area contributed by atoms with Gasteiger partial charge in [0.2, 0.25) is 0 Å². The van der Waals surface area contributed by atoms with Gasteiger partial charge in [0.1, 0.15) is 5.54 Å². The summed E-state index contributed by atoms with van der Waals surface area (Å²) >= 11 is 0. The number of hydrogen-bond donors (Lipinski definition) is 2. The first-order chi connectivity index (χ1) is 8.72. The molecule has 0 amide bonds. The number of hydrogen-bond acceptors (Lipinski definition) is 2. The standard InChI is InChI=1S/C15H25NO2/c17-14(18)15(9-5-6-11-10-13(11)15)16-12-7-3-1-2-4-8-12/h11-13,16H,1-10H2,(H,17,18). The number of fused-ring (bicyclic) bond motifs is 1. The maximum absolute atomic E-state index is 11.8. The molecule has 3 heteroatoms. The smallest absolute Gasteiger partial charge is 0.324 e. The van der Waals surface area contributed by atoms with Crippen molar-refractivity contribution >= 4 is 5.97 Å². The SMILES string of the molecule is O=C(O)C1(NC2CCCCCC2)CCCC2CC21. The van der Waals surface area contributed by atoms with Crippen LogP contribution in [0.2, 0.25) is 0 Å². The topological polar surface area (TPSA) is 49.3 Å². The highest BCUT2D eigenvalue weighted by molar-refractivity contribution is 5.80. The molecule has 3 aliphatic rings. The van der Waals surface area contributed by atoms with Gasteiger partial charge in [0, 0.05) is 6.04 Å². The van der Waals surface area contributed by atoms with Gasteiger partial charge < -0.3 is 5.11 Å². The number of rotatable bonds is 3. The summed E-state index contributed by atoms with van der Waals surface area (Å²) in [5.74, 6) is 0.541. The van der Waals surface area contributed by atoms with E-state index in [-0.39, 0.29) is 0 Å². The summed E-state index contributed by atoms with van der Waals surface area (Å²) < 4.78 is 0. The zero-order valence-corrected chi connectivity index (χ0v) is 11.2. The summed E-state index contributed by atoms with van der Waals surface area (Å²) in [7, 11) is 0. The number of carbonyl (C=O) groups is 1. The normalized spacial score (nSPS) is 40.9. The van der Waals surface area contributed by atoms with E-state index in [2.05, 4.69) is 5.32 Å². The maximum atomic E-state index is 11.8. The molecule has 0 aromatic heterocycles. The second kappa shape index (κ2) is 4.84. The minimum atomic E-state index is -0.584. The molecule has 3 atom stereocenters. The molecule has 102 valence electrons. The molecule has 3 nitrogen and oxygen atoms in total. The van der Waals surface area contributed by atoms with Crippen LogP contribution in [0.15, 0.2) is 0 Å². The van der Waals surface area contributed by atoms with Gasteiger partial charge in [-0.05, 0) is 37.5 Å². The van der Waals surface area contributed by atoms with E-state index in [1.54, 1.807) is 0 Å². The van der Waals surface area contributed by atoms with E-state index in [1.165, 1.54) is 44.9 Å². The molecule has 0 saturated heterocycles. The summed E-state index contributed by atoms with van der Waals surface area (Å²) in [6.07, 6.45) is 11.9. The van der Waals surface area contributed by atoms with Crippen LogP contribution in [0, 0.1) is 11.8 Å². The van der Waals surface area contributed by atoms with Crippen LogP contribution < -0.4 is 5.32 Å². The Morgan fingerprint density at radius 2 is 1.78 bits per heavy atom. The second-order valence-corrected chi connectivity index (χ2v) is 6.60. The summed E-state index contributed by atoms with van der Waals surface area (Å²) in [4.78, 5) is 11.8. The number of carboxylic acid groups (broad SMARTS) is 1. The van der Waals surface area contributed by atoms with Crippen LogP contribution in [-0.2, 0) is 4.79 Å². The van der Waals surface area contributed by atoms with Crippen LogP contribution in [0.1, 0.15) is 64.2 Å². The molecule has 0 heterocycles. The third-order valence-corrected chi connectivity index (χ3v) is 5.40. The van der Waals surface area contributed by atoms with E-state index >= 15 is 0 Å². The molecule has 0 aliphatic heterocycles. The fourth-order valence-corrected chi connectivity index (χ4v) is 4.29. The predicted octanol–water partition coefficient (Wildman–Crippen LogP) is 2.94. The minimum Gasteiger partial charge on any atom is -0.480 e. The Kier molecular flexibility index (Phi) is 3.35. The Labute approximate surface area is 109 Å². The molecular formula is C15H25NO2. The maximum Gasteiger partial charge on any atom is 0.324 e. The molecule has 3 fully saturated rings. The van der Waals surface area contributed by atoms with Crippen LogP contribution in [0.5, 0.6) is 0 Å². The van der Waals surface area contributed by atoms with Crippen molar-refractivity contribution in [1.29, 1.82) is 0 Å². The zero-order valence-electron chi connectivity index (χ0n) is 11.2. The van der Waals surface area contributed by atoms with Crippen molar-refractivity contribution in [2.45, 2.75) is 75.8 Å². The fraction of sp³-hybridized carbons (Fsp3) is 0.933. The summed E-state index contributed by atoms with van der Waals surface area (Å²) in [5, 5.41) is 13.3. The molecule has 3 aliphatic carbocycles. The van der Waals surface area contributed by atoms with Crippen LogP contribution in [-0.4, -0.2) is 22.7 Å². The Hall–Kier alpha value is -0.570. The molecule has 0 bridgehead atoms. The highest BCUT2D eigenvalue weighted by atomic mass is 16.4. The third kappa shape index (κ3) is 2.18. The molecular weight excluding hydrogens is 226 g/mol. The molecule has 3 saturated carbocycles. The van der Waals surface area contributed by atoms with Gasteiger partial charge in [-0.2, -0.15) is 0 Å². The van der Waals surface area contributed by atoms with Crippen LogP contribution in [0.4, 0.5) is 0 Å². The summed E-state index contributed by atoms with van der Waals surface area (Å²) in [5.41, 5.74) is -0.572. The quantitative estimate of drug-likeness (QED) is 0.758. The van der Waals surface area contributed by atoms with E-state index in [1.807, 2.05) is 0 Å². The van der Waals surface area contributed by atoms with Gasteiger partial charge in [0.25, 0.3) is 0 Å². The molecule has 3 rings (SSSR count). The van der Waals surface area contributed by atoms with E-state index in [9.17, 15) is 9.90 Å². The van der Waals surface area contributed by atoms with Crippen molar-refractivity contribution in [3.05, 3.63) is 0 Å². The van der Waals surface area contributed by atoms with Gasteiger partial charge in [0.05, 0.1) is 0 Å². The summed E-state index contributed by atoms with van der Waals surface area (Å²) in [6, 6.07) is 0.447.